The molecule has 1 N–H and O–H groups in total. The van der Waals surface area contributed by atoms with Gasteiger partial charge in [-0.3, -0.25) is 4.72 Å². The van der Waals surface area contributed by atoms with Gasteiger partial charge in [-0.25, -0.2) is 8.42 Å². The van der Waals surface area contributed by atoms with E-state index in [1.807, 2.05) is 44.2 Å². The Morgan fingerprint density at radius 1 is 0.871 bits per heavy atom. The Bertz CT molecular complexity index is 1170. The summed E-state index contributed by atoms with van der Waals surface area (Å²) in [6, 6.07) is 16.2. The normalized spacial score (nSPS) is 15.1. The van der Waals surface area contributed by atoms with Crippen LogP contribution in [-0.2, 0) is 10.0 Å². The summed E-state index contributed by atoms with van der Waals surface area (Å²) >= 11 is 0. The van der Waals surface area contributed by atoms with Crippen molar-refractivity contribution in [3.8, 4) is 11.3 Å². The van der Waals surface area contributed by atoms with Crippen LogP contribution in [0.1, 0.15) is 11.1 Å². The first kappa shape index (κ1) is 21.3. The van der Waals surface area contributed by atoms with Crippen LogP contribution in [0.2, 0.25) is 0 Å². The van der Waals surface area contributed by atoms with Gasteiger partial charge < -0.3 is 9.80 Å². The maximum Gasteiger partial charge on any atom is 0.261 e. The molecule has 2 heterocycles. The average Bonchev–Trinajstić information content (AvgIpc) is 2.76. The van der Waals surface area contributed by atoms with Crippen LogP contribution in [0.15, 0.2) is 59.5 Å². The zero-order valence-corrected chi connectivity index (χ0v) is 18.9. The lowest BCUT2D eigenvalue weighted by atomic mass is 10.1. The average molecular weight is 438 g/mol. The Labute approximate surface area is 183 Å². The van der Waals surface area contributed by atoms with Crippen LogP contribution in [0.5, 0.6) is 0 Å². The molecule has 1 saturated heterocycles. The second-order valence-electron chi connectivity index (χ2n) is 8.00. The third-order valence-electron chi connectivity index (χ3n) is 5.68. The minimum absolute atomic E-state index is 0.248. The van der Waals surface area contributed by atoms with E-state index in [-0.39, 0.29) is 4.90 Å². The molecule has 7 nitrogen and oxygen atoms in total. The molecule has 3 aromatic rings. The van der Waals surface area contributed by atoms with E-state index in [2.05, 4.69) is 31.8 Å². The molecular weight excluding hydrogens is 410 g/mol. The highest BCUT2D eigenvalue weighted by Gasteiger charge is 2.17. The van der Waals surface area contributed by atoms with Crippen LogP contribution in [0.25, 0.3) is 11.3 Å². The molecule has 31 heavy (non-hydrogen) atoms. The predicted molar refractivity (Wildman–Crippen MR) is 124 cm³/mol. The van der Waals surface area contributed by atoms with Crippen molar-refractivity contribution >= 4 is 21.5 Å². The second-order valence-corrected chi connectivity index (χ2v) is 9.68. The summed E-state index contributed by atoms with van der Waals surface area (Å²) in [4.78, 5) is 4.77. The number of hydrogen-bond acceptors (Lipinski definition) is 6. The number of aryl methyl sites for hydroxylation is 2. The van der Waals surface area contributed by atoms with Crippen LogP contribution in [0.3, 0.4) is 0 Å². The van der Waals surface area contributed by atoms with Crippen molar-refractivity contribution in [2.45, 2.75) is 18.7 Å². The lowest BCUT2D eigenvalue weighted by Gasteiger charge is -2.32. The maximum absolute atomic E-state index is 12.8. The molecule has 0 aliphatic carbocycles. The van der Waals surface area contributed by atoms with Crippen molar-refractivity contribution in [3.63, 3.8) is 0 Å². The maximum atomic E-state index is 12.8. The highest BCUT2D eigenvalue weighted by atomic mass is 32.2. The van der Waals surface area contributed by atoms with E-state index in [1.165, 1.54) is 0 Å². The van der Waals surface area contributed by atoms with Gasteiger partial charge in [0.25, 0.3) is 10.0 Å². The third-order valence-corrected chi connectivity index (χ3v) is 7.06. The van der Waals surface area contributed by atoms with Gasteiger partial charge in [0.2, 0.25) is 0 Å². The molecular formula is C23H27N5O2S. The van der Waals surface area contributed by atoms with Crippen molar-refractivity contribution in [2.75, 3.05) is 42.8 Å². The van der Waals surface area contributed by atoms with Gasteiger partial charge in [0.05, 0.1) is 10.6 Å². The third kappa shape index (κ3) is 4.86. The van der Waals surface area contributed by atoms with Crippen LogP contribution in [0.4, 0.5) is 11.5 Å². The van der Waals surface area contributed by atoms with Gasteiger partial charge in [0, 0.05) is 37.4 Å². The molecule has 0 bridgehead atoms. The molecule has 1 aliphatic heterocycles. The van der Waals surface area contributed by atoms with Gasteiger partial charge in [-0.05, 0) is 68.4 Å². The molecule has 0 amide bonds. The number of likely N-dealkylation sites (N-methyl/N-ethyl adjacent to an activating group) is 1. The Morgan fingerprint density at radius 2 is 1.65 bits per heavy atom. The van der Waals surface area contributed by atoms with Crippen molar-refractivity contribution in [1.82, 2.24) is 15.1 Å². The predicted octanol–water partition coefficient (Wildman–Crippen LogP) is 3.31. The number of piperazine rings is 1. The molecule has 4 rings (SSSR count). The molecule has 2 aromatic carbocycles. The number of sulfonamides is 1. The number of rotatable bonds is 5. The molecule has 1 fully saturated rings. The first-order valence-corrected chi connectivity index (χ1v) is 11.8. The summed E-state index contributed by atoms with van der Waals surface area (Å²) < 4.78 is 28.3. The quantitative estimate of drug-likeness (QED) is 0.660. The fraction of sp³-hybridized carbons (Fsp3) is 0.304. The zero-order chi connectivity index (χ0) is 22.0. The number of anilines is 2. The summed E-state index contributed by atoms with van der Waals surface area (Å²) in [5, 5.41) is 8.77. The fourth-order valence-corrected chi connectivity index (χ4v) is 4.65. The summed E-state index contributed by atoms with van der Waals surface area (Å²) in [6.45, 7) is 7.73. The molecule has 0 spiro atoms. The number of nitrogens with one attached hydrogen (secondary N) is 1. The van der Waals surface area contributed by atoms with E-state index in [0.717, 1.165) is 48.7 Å². The summed E-state index contributed by atoms with van der Waals surface area (Å²) in [7, 11) is -1.56. The minimum atomic E-state index is -3.67. The standard InChI is InChI=1S/C23H27N5O2S/c1-17-7-8-21(15-18(17)2)31(29,30)26-20-6-4-5-19(16-20)22-9-10-23(25-24-22)28-13-11-27(3)12-14-28/h4-10,15-16,26H,11-14H2,1-3H3. The van der Waals surface area contributed by atoms with E-state index in [9.17, 15) is 8.42 Å². The molecule has 162 valence electrons. The summed E-state index contributed by atoms with van der Waals surface area (Å²) in [5.74, 6) is 0.864. The fourth-order valence-electron chi connectivity index (χ4n) is 3.52. The van der Waals surface area contributed by atoms with E-state index in [0.29, 0.717) is 11.4 Å². The number of nitrogens with zero attached hydrogens (tertiary/aromatic N) is 4. The van der Waals surface area contributed by atoms with Gasteiger partial charge in [0.1, 0.15) is 0 Å². The second kappa shape index (κ2) is 8.64. The number of benzene rings is 2. The molecule has 0 atom stereocenters. The topological polar surface area (TPSA) is 78.4 Å². The number of hydrogen-bond donors (Lipinski definition) is 1. The van der Waals surface area contributed by atoms with Gasteiger partial charge in [-0.1, -0.05) is 18.2 Å². The molecule has 0 radical (unpaired) electrons. The lowest BCUT2D eigenvalue weighted by Crippen LogP contribution is -2.44. The van der Waals surface area contributed by atoms with E-state index >= 15 is 0 Å². The largest absolute Gasteiger partial charge is 0.353 e. The van der Waals surface area contributed by atoms with Crippen molar-refractivity contribution in [1.29, 1.82) is 0 Å². The Balaban J connectivity index is 1.52. The molecule has 0 unspecified atom stereocenters. The van der Waals surface area contributed by atoms with Gasteiger partial charge in [-0.2, -0.15) is 0 Å². The van der Waals surface area contributed by atoms with Crippen LogP contribution >= 0.6 is 0 Å². The van der Waals surface area contributed by atoms with Crippen molar-refractivity contribution in [2.24, 2.45) is 0 Å². The summed E-state index contributed by atoms with van der Waals surface area (Å²) in [6.07, 6.45) is 0. The lowest BCUT2D eigenvalue weighted by molar-refractivity contribution is 0.312. The van der Waals surface area contributed by atoms with Crippen molar-refractivity contribution in [3.05, 3.63) is 65.7 Å². The monoisotopic (exact) mass is 437 g/mol. The van der Waals surface area contributed by atoms with Gasteiger partial charge in [-0.15, -0.1) is 10.2 Å². The smallest absolute Gasteiger partial charge is 0.261 e. The SMILES string of the molecule is Cc1ccc(S(=O)(=O)Nc2cccc(-c3ccc(N4CCN(C)CC4)nn3)c2)cc1C. The van der Waals surface area contributed by atoms with Crippen molar-refractivity contribution < 1.29 is 8.42 Å². The minimum Gasteiger partial charge on any atom is -0.353 e. The van der Waals surface area contributed by atoms with Gasteiger partial charge >= 0.3 is 0 Å². The zero-order valence-electron chi connectivity index (χ0n) is 18.0. The van der Waals surface area contributed by atoms with Gasteiger partial charge in [0.15, 0.2) is 5.82 Å². The highest BCUT2D eigenvalue weighted by molar-refractivity contribution is 7.92. The number of aromatic nitrogens is 2. The highest BCUT2D eigenvalue weighted by Crippen LogP contribution is 2.24. The Morgan fingerprint density at radius 3 is 2.32 bits per heavy atom. The van der Waals surface area contributed by atoms with Crippen LogP contribution in [-0.4, -0.2) is 56.7 Å². The first-order chi connectivity index (χ1) is 14.8. The van der Waals surface area contributed by atoms with E-state index in [4.69, 9.17) is 0 Å². The van der Waals surface area contributed by atoms with Crippen LogP contribution < -0.4 is 9.62 Å². The first-order valence-electron chi connectivity index (χ1n) is 10.3. The van der Waals surface area contributed by atoms with E-state index < -0.39 is 10.0 Å². The Kier molecular flexibility index (Phi) is 5.93. The van der Waals surface area contributed by atoms with Crippen LogP contribution in [0, 0.1) is 13.8 Å². The molecule has 1 aromatic heterocycles. The summed E-state index contributed by atoms with van der Waals surface area (Å²) in [5.41, 5.74) is 3.98. The van der Waals surface area contributed by atoms with E-state index in [1.54, 1.807) is 24.3 Å². The molecule has 1 aliphatic rings. The molecule has 8 heteroatoms. The Hall–Kier alpha value is -2.97. The molecule has 0 saturated carbocycles.